The van der Waals surface area contributed by atoms with Gasteiger partial charge >= 0.3 is 0 Å². The summed E-state index contributed by atoms with van der Waals surface area (Å²) in [6.45, 7) is 5.21. The number of aryl methyl sites for hydroxylation is 2. The number of para-hydroxylation sites is 1. The molecular weight excluding hydrogens is 423 g/mol. The summed E-state index contributed by atoms with van der Waals surface area (Å²) in [7, 11) is -4.09. The zero-order chi connectivity index (χ0) is 21.9. The molecule has 1 atom stereocenters. The third-order valence-corrected chi connectivity index (χ3v) is 7.86. The molecule has 1 heterocycles. The first-order valence-corrected chi connectivity index (χ1v) is 11.7. The summed E-state index contributed by atoms with van der Waals surface area (Å²) in [6, 6.07) is 14.2. The highest BCUT2D eigenvalue weighted by molar-refractivity contribution is 7.94. The average molecular weight is 447 g/mol. The van der Waals surface area contributed by atoms with Gasteiger partial charge in [0.2, 0.25) is 5.91 Å². The van der Waals surface area contributed by atoms with Crippen LogP contribution in [-0.2, 0) is 14.8 Å². The van der Waals surface area contributed by atoms with Crippen LogP contribution >= 0.6 is 11.3 Å². The maximum Gasteiger partial charge on any atom is 0.274 e. The van der Waals surface area contributed by atoms with Gasteiger partial charge in [-0.15, -0.1) is 11.3 Å². The molecular formula is C22H23FN2O3S2. The number of amides is 1. The van der Waals surface area contributed by atoms with Crippen molar-refractivity contribution >= 4 is 33.0 Å². The summed E-state index contributed by atoms with van der Waals surface area (Å²) in [6.07, 6.45) is 0. The molecule has 3 aromatic rings. The first-order chi connectivity index (χ1) is 14.2. The van der Waals surface area contributed by atoms with E-state index in [1.807, 2.05) is 39.0 Å². The van der Waals surface area contributed by atoms with Gasteiger partial charge in [-0.25, -0.2) is 12.8 Å². The van der Waals surface area contributed by atoms with E-state index in [0.717, 1.165) is 32.3 Å². The third-order valence-electron chi connectivity index (χ3n) is 4.73. The Bertz CT molecular complexity index is 1140. The summed E-state index contributed by atoms with van der Waals surface area (Å²) >= 11 is 1.02. The van der Waals surface area contributed by atoms with Gasteiger partial charge in [0, 0.05) is 0 Å². The molecule has 8 heteroatoms. The second-order valence-electron chi connectivity index (χ2n) is 7.04. The van der Waals surface area contributed by atoms with Gasteiger partial charge in [0.05, 0.1) is 11.7 Å². The number of hydrogen-bond acceptors (Lipinski definition) is 4. The first-order valence-electron chi connectivity index (χ1n) is 9.37. The lowest BCUT2D eigenvalue weighted by Crippen LogP contribution is -2.41. The van der Waals surface area contributed by atoms with Crippen LogP contribution < -0.4 is 9.62 Å². The number of carbonyl (C=O) groups excluding carboxylic acids is 1. The largest absolute Gasteiger partial charge is 0.348 e. The molecule has 0 unspecified atom stereocenters. The van der Waals surface area contributed by atoms with Crippen LogP contribution in [0.5, 0.6) is 0 Å². The number of thiophene rings is 1. The van der Waals surface area contributed by atoms with Crippen molar-refractivity contribution in [3.63, 3.8) is 0 Å². The van der Waals surface area contributed by atoms with Crippen LogP contribution in [0, 0.1) is 19.7 Å². The van der Waals surface area contributed by atoms with Gasteiger partial charge in [0.1, 0.15) is 16.6 Å². The number of rotatable bonds is 7. The van der Waals surface area contributed by atoms with E-state index in [0.29, 0.717) is 0 Å². The Morgan fingerprint density at radius 3 is 2.53 bits per heavy atom. The molecule has 1 aromatic heterocycles. The number of halogens is 1. The number of nitrogens with zero attached hydrogens (tertiary/aromatic N) is 1. The Morgan fingerprint density at radius 2 is 1.87 bits per heavy atom. The maximum atomic E-state index is 14.5. The maximum absolute atomic E-state index is 14.5. The Labute approximate surface area is 180 Å². The van der Waals surface area contributed by atoms with E-state index in [4.69, 9.17) is 0 Å². The van der Waals surface area contributed by atoms with Crippen LogP contribution in [0.1, 0.15) is 29.7 Å². The second kappa shape index (κ2) is 8.97. The first kappa shape index (κ1) is 22.0. The minimum Gasteiger partial charge on any atom is -0.348 e. The molecule has 0 saturated carbocycles. The Kier molecular flexibility index (Phi) is 6.58. The van der Waals surface area contributed by atoms with Crippen molar-refractivity contribution in [1.29, 1.82) is 0 Å². The number of benzene rings is 2. The summed E-state index contributed by atoms with van der Waals surface area (Å²) in [5.74, 6) is -1.24. The Balaban J connectivity index is 1.89. The molecule has 3 rings (SSSR count). The van der Waals surface area contributed by atoms with Gasteiger partial charge in [-0.2, -0.15) is 0 Å². The van der Waals surface area contributed by atoms with Crippen LogP contribution in [-0.4, -0.2) is 20.9 Å². The van der Waals surface area contributed by atoms with Crippen molar-refractivity contribution in [2.75, 3.05) is 10.8 Å². The van der Waals surface area contributed by atoms with Crippen LogP contribution in [0.25, 0.3) is 0 Å². The highest BCUT2D eigenvalue weighted by Crippen LogP contribution is 2.28. The molecule has 0 aliphatic carbocycles. The summed E-state index contributed by atoms with van der Waals surface area (Å²) in [5.41, 5.74) is 2.86. The summed E-state index contributed by atoms with van der Waals surface area (Å²) in [4.78, 5) is 12.8. The molecule has 158 valence electrons. The van der Waals surface area contributed by atoms with Crippen molar-refractivity contribution in [3.05, 3.63) is 82.5 Å². The zero-order valence-electron chi connectivity index (χ0n) is 16.9. The van der Waals surface area contributed by atoms with Gasteiger partial charge in [0.25, 0.3) is 10.0 Å². The molecule has 0 fully saturated rings. The fourth-order valence-corrected chi connectivity index (χ4v) is 5.73. The standard InChI is InChI=1S/C22H23FN2O3S2/c1-15-10-11-16(2)18(13-15)17(3)24-21(26)14-25(20-8-5-4-7-19(20)23)30(27,28)22-9-6-12-29-22/h4-13,17H,14H2,1-3H3,(H,24,26)/t17-/m1/s1. The monoisotopic (exact) mass is 446 g/mol. The van der Waals surface area contributed by atoms with E-state index in [9.17, 15) is 17.6 Å². The van der Waals surface area contributed by atoms with E-state index in [2.05, 4.69) is 5.32 Å². The van der Waals surface area contributed by atoms with Crippen molar-refractivity contribution in [2.24, 2.45) is 0 Å². The van der Waals surface area contributed by atoms with Crippen molar-refractivity contribution < 1.29 is 17.6 Å². The number of hydrogen-bond donors (Lipinski definition) is 1. The molecule has 5 nitrogen and oxygen atoms in total. The highest BCUT2D eigenvalue weighted by atomic mass is 32.2. The molecule has 0 bridgehead atoms. The van der Waals surface area contributed by atoms with Crippen molar-refractivity contribution in [1.82, 2.24) is 5.32 Å². The predicted molar refractivity (Wildman–Crippen MR) is 118 cm³/mol. The van der Waals surface area contributed by atoms with Gasteiger partial charge in [-0.1, -0.05) is 42.0 Å². The lowest BCUT2D eigenvalue weighted by molar-refractivity contribution is -0.120. The topological polar surface area (TPSA) is 66.5 Å². The quantitative estimate of drug-likeness (QED) is 0.578. The molecule has 30 heavy (non-hydrogen) atoms. The van der Waals surface area contributed by atoms with Crippen LogP contribution in [0.3, 0.4) is 0 Å². The fourth-order valence-electron chi connectivity index (χ4n) is 3.19. The SMILES string of the molecule is Cc1ccc(C)c([C@@H](C)NC(=O)CN(c2ccccc2F)S(=O)(=O)c2cccs2)c1. The van der Waals surface area contributed by atoms with Crippen LogP contribution in [0.15, 0.2) is 64.2 Å². The molecule has 2 aromatic carbocycles. The van der Waals surface area contributed by atoms with Gasteiger partial charge in [-0.3, -0.25) is 9.10 Å². The average Bonchev–Trinajstić information content (AvgIpc) is 3.24. The molecule has 1 N–H and O–H groups in total. The molecule has 0 radical (unpaired) electrons. The van der Waals surface area contributed by atoms with Gasteiger partial charge < -0.3 is 5.32 Å². The third kappa shape index (κ3) is 4.71. The second-order valence-corrected chi connectivity index (χ2v) is 10.1. The van der Waals surface area contributed by atoms with E-state index >= 15 is 0 Å². The lowest BCUT2D eigenvalue weighted by Gasteiger charge is -2.25. The Morgan fingerprint density at radius 1 is 1.13 bits per heavy atom. The van der Waals surface area contributed by atoms with E-state index in [-0.39, 0.29) is 15.9 Å². The van der Waals surface area contributed by atoms with Crippen LogP contribution in [0.4, 0.5) is 10.1 Å². The molecule has 0 saturated heterocycles. The predicted octanol–water partition coefficient (Wildman–Crippen LogP) is 4.58. The van der Waals surface area contributed by atoms with E-state index < -0.39 is 28.3 Å². The zero-order valence-corrected chi connectivity index (χ0v) is 18.6. The van der Waals surface area contributed by atoms with Gasteiger partial charge in [0.15, 0.2) is 0 Å². The number of carbonyl (C=O) groups is 1. The molecule has 0 aliphatic rings. The number of sulfonamides is 1. The summed E-state index contributed by atoms with van der Waals surface area (Å²) < 4.78 is 41.6. The van der Waals surface area contributed by atoms with Gasteiger partial charge in [-0.05, 0) is 55.5 Å². The Hall–Kier alpha value is -2.71. The molecule has 0 aliphatic heterocycles. The van der Waals surface area contributed by atoms with Crippen LogP contribution in [0.2, 0.25) is 0 Å². The number of anilines is 1. The minimum atomic E-state index is -4.09. The highest BCUT2D eigenvalue weighted by Gasteiger charge is 2.30. The van der Waals surface area contributed by atoms with Crippen molar-refractivity contribution in [2.45, 2.75) is 31.0 Å². The molecule has 1 amide bonds. The summed E-state index contributed by atoms with van der Waals surface area (Å²) in [5, 5.41) is 4.46. The number of nitrogens with one attached hydrogen (secondary N) is 1. The van der Waals surface area contributed by atoms with E-state index in [1.165, 1.54) is 30.3 Å². The fraction of sp³-hybridized carbons (Fsp3) is 0.227. The van der Waals surface area contributed by atoms with E-state index in [1.54, 1.807) is 11.4 Å². The lowest BCUT2D eigenvalue weighted by atomic mass is 10.00. The minimum absolute atomic E-state index is 0.0427. The van der Waals surface area contributed by atoms with Crippen molar-refractivity contribution in [3.8, 4) is 0 Å². The smallest absolute Gasteiger partial charge is 0.274 e. The molecule has 0 spiro atoms. The normalized spacial score (nSPS) is 12.4.